The Balaban J connectivity index is 2.65. The van der Waals surface area contributed by atoms with Crippen LogP contribution in [0.2, 0.25) is 0 Å². The average molecular weight is 182 g/mol. The number of hydrogen-bond donors (Lipinski definition) is 4. The highest BCUT2D eigenvalue weighted by Crippen LogP contribution is 2.24. The molecule has 1 fully saturated rings. The van der Waals surface area contributed by atoms with E-state index in [0.29, 0.717) is 0 Å². The third kappa shape index (κ3) is 1.57. The number of hydrogen-bond acceptors (Lipinski definition) is 5. The molecule has 4 atom stereocenters. The van der Waals surface area contributed by atoms with E-state index in [4.69, 9.17) is 20.4 Å². The molecule has 0 aliphatic carbocycles. The Morgan fingerprint density at radius 1 is 1.50 bits per heavy atom. The smallest absolute Gasteiger partial charge is 0.259 e. The molecular formula is C6H11FO5. The standard InChI is InChI=1S/C6H11FO5/c7-6(11)2-12-3(1-8)4(9)5(6)10/h3-5,8-11H,1-2H2/t3-,4-,5+,6+/m1/s1. The van der Waals surface area contributed by atoms with Crippen molar-refractivity contribution >= 4 is 0 Å². The average Bonchev–Trinajstić information content (AvgIpc) is 2.01. The molecule has 1 saturated heterocycles. The van der Waals surface area contributed by atoms with Gasteiger partial charge in [0.1, 0.15) is 24.9 Å². The highest BCUT2D eigenvalue weighted by atomic mass is 19.2. The van der Waals surface area contributed by atoms with Gasteiger partial charge in [0.2, 0.25) is 0 Å². The van der Waals surface area contributed by atoms with Crippen molar-refractivity contribution in [1.29, 1.82) is 0 Å². The van der Waals surface area contributed by atoms with E-state index in [0.717, 1.165) is 0 Å². The van der Waals surface area contributed by atoms with Crippen molar-refractivity contribution in [3.63, 3.8) is 0 Å². The van der Waals surface area contributed by atoms with Gasteiger partial charge in [-0.05, 0) is 0 Å². The minimum atomic E-state index is -2.94. The Morgan fingerprint density at radius 3 is 2.58 bits per heavy atom. The molecule has 6 heteroatoms. The number of halogens is 1. The summed E-state index contributed by atoms with van der Waals surface area (Å²) in [6.07, 6.45) is -4.60. The van der Waals surface area contributed by atoms with Crippen molar-refractivity contribution < 1.29 is 29.6 Å². The van der Waals surface area contributed by atoms with Crippen LogP contribution in [0.1, 0.15) is 0 Å². The van der Waals surface area contributed by atoms with E-state index in [1.165, 1.54) is 0 Å². The number of alkyl halides is 1. The molecule has 12 heavy (non-hydrogen) atoms. The third-order valence-corrected chi connectivity index (χ3v) is 1.84. The lowest BCUT2D eigenvalue weighted by Crippen LogP contribution is -2.59. The van der Waals surface area contributed by atoms with Crippen molar-refractivity contribution in [1.82, 2.24) is 0 Å². The summed E-state index contributed by atoms with van der Waals surface area (Å²) in [5, 5.41) is 35.3. The summed E-state index contributed by atoms with van der Waals surface area (Å²) in [5.74, 6) is -2.94. The fourth-order valence-electron chi connectivity index (χ4n) is 1.03. The molecule has 0 radical (unpaired) electrons. The van der Waals surface area contributed by atoms with Crippen LogP contribution in [0.3, 0.4) is 0 Å². The van der Waals surface area contributed by atoms with E-state index in [2.05, 4.69) is 4.74 Å². The molecule has 0 aromatic carbocycles. The van der Waals surface area contributed by atoms with Crippen LogP contribution in [-0.2, 0) is 4.74 Å². The van der Waals surface area contributed by atoms with Gasteiger partial charge in [-0.1, -0.05) is 0 Å². The lowest BCUT2D eigenvalue weighted by Gasteiger charge is -2.37. The largest absolute Gasteiger partial charge is 0.394 e. The second kappa shape index (κ2) is 3.23. The maximum Gasteiger partial charge on any atom is 0.259 e. The van der Waals surface area contributed by atoms with Crippen LogP contribution < -0.4 is 0 Å². The third-order valence-electron chi connectivity index (χ3n) is 1.84. The van der Waals surface area contributed by atoms with Gasteiger partial charge >= 0.3 is 0 Å². The Morgan fingerprint density at radius 2 is 2.08 bits per heavy atom. The number of ether oxygens (including phenoxy) is 1. The SMILES string of the molecule is OC[C@H]1OC[C@@](O)(F)[C@@H](O)[C@@H]1O. The monoisotopic (exact) mass is 182 g/mol. The zero-order valence-electron chi connectivity index (χ0n) is 6.22. The fraction of sp³-hybridized carbons (Fsp3) is 1.00. The Hall–Kier alpha value is -0.270. The molecule has 72 valence electrons. The summed E-state index contributed by atoms with van der Waals surface area (Å²) in [7, 11) is 0. The van der Waals surface area contributed by atoms with Gasteiger partial charge < -0.3 is 25.2 Å². The van der Waals surface area contributed by atoms with Crippen LogP contribution in [-0.4, -0.2) is 57.8 Å². The fourth-order valence-corrected chi connectivity index (χ4v) is 1.03. The molecule has 5 nitrogen and oxygen atoms in total. The van der Waals surface area contributed by atoms with Gasteiger partial charge in [-0.15, -0.1) is 0 Å². The molecule has 0 aromatic heterocycles. The van der Waals surface area contributed by atoms with Crippen molar-refractivity contribution in [3.8, 4) is 0 Å². The van der Waals surface area contributed by atoms with Crippen LogP contribution in [0.5, 0.6) is 0 Å². The minimum absolute atomic E-state index is 0.533. The first kappa shape index (κ1) is 9.82. The maximum atomic E-state index is 12.8. The van der Waals surface area contributed by atoms with Crippen LogP contribution in [0, 0.1) is 0 Å². The van der Waals surface area contributed by atoms with Gasteiger partial charge in [0.25, 0.3) is 5.85 Å². The first-order chi connectivity index (χ1) is 5.49. The van der Waals surface area contributed by atoms with Gasteiger partial charge in [0, 0.05) is 0 Å². The van der Waals surface area contributed by atoms with E-state index in [1.54, 1.807) is 0 Å². The minimum Gasteiger partial charge on any atom is -0.394 e. The second-order valence-electron chi connectivity index (χ2n) is 2.79. The molecule has 0 bridgehead atoms. The van der Waals surface area contributed by atoms with Crippen molar-refractivity contribution in [3.05, 3.63) is 0 Å². The van der Waals surface area contributed by atoms with Gasteiger partial charge in [-0.25, -0.2) is 4.39 Å². The molecule has 1 rings (SSSR count). The summed E-state index contributed by atoms with van der Waals surface area (Å²) in [6.45, 7) is -1.29. The van der Waals surface area contributed by atoms with E-state index in [9.17, 15) is 4.39 Å². The molecular weight excluding hydrogens is 171 g/mol. The van der Waals surface area contributed by atoms with Crippen LogP contribution in [0.15, 0.2) is 0 Å². The van der Waals surface area contributed by atoms with Crippen LogP contribution in [0.25, 0.3) is 0 Å². The second-order valence-corrected chi connectivity index (χ2v) is 2.79. The summed E-state index contributed by atoms with van der Waals surface area (Å²) >= 11 is 0. The van der Waals surface area contributed by atoms with E-state index in [1.807, 2.05) is 0 Å². The molecule has 1 aliphatic rings. The molecule has 0 spiro atoms. The van der Waals surface area contributed by atoms with Crippen LogP contribution in [0.4, 0.5) is 4.39 Å². The highest BCUT2D eigenvalue weighted by molar-refractivity contribution is 4.90. The van der Waals surface area contributed by atoms with E-state index >= 15 is 0 Å². The normalized spacial score (nSPS) is 49.2. The molecule has 0 aromatic rings. The summed E-state index contributed by atoms with van der Waals surface area (Å²) < 4.78 is 17.3. The first-order valence-electron chi connectivity index (χ1n) is 3.49. The lowest BCUT2D eigenvalue weighted by molar-refractivity contribution is -0.287. The van der Waals surface area contributed by atoms with Crippen molar-refractivity contribution in [2.24, 2.45) is 0 Å². The molecule has 1 heterocycles. The molecule has 4 N–H and O–H groups in total. The Bertz CT molecular complexity index is 162. The van der Waals surface area contributed by atoms with Gasteiger partial charge in [-0.3, -0.25) is 0 Å². The number of rotatable bonds is 1. The van der Waals surface area contributed by atoms with E-state index < -0.39 is 37.4 Å². The van der Waals surface area contributed by atoms with Crippen LogP contribution >= 0.6 is 0 Å². The topological polar surface area (TPSA) is 90.2 Å². The van der Waals surface area contributed by atoms with Crippen molar-refractivity contribution in [2.45, 2.75) is 24.2 Å². The number of aliphatic hydroxyl groups is 4. The Kier molecular flexibility index (Phi) is 2.64. The zero-order chi connectivity index (χ0) is 9.35. The van der Waals surface area contributed by atoms with Gasteiger partial charge in [-0.2, -0.15) is 0 Å². The highest BCUT2D eigenvalue weighted by Gasteiger charge is 2.48. The first-order valence-corrected chi connectivity index (χ1v) is 3.49. The lowest BCUT2D eigenvalue weighted by atomic mass is 9.99. The molecule has 0 amide bonds. The summed E-state index contributed by atoms with van der Waals surface area (Å²) in [4.78, 5) is 0. The molecule has 1 aliphatic heterocycles. The number of aliphatic hydroxyl groups excluding tert-OH is 3. The summed E-state index contributed by atoms with van der Waals surface area (Å²) in [6, 6.07) is 0. The molecule has 0 saturated carbocycles. The van der Waals surface area contributed by atoms with Gasteiger partial charge in [0.05, 0.1) is 6.61 Å². The molecule has 0 unspecified atom stereocenters. The van der Waals surface area contributed by atoms with Gasteiger partial charge in [0.15, 0.2) is 0 Å². The zero-order valence-corrected chi connectivity index (χ0v) is 6.22. The predicted octanol–water partition coefficient (Wildman–Crippen LogP) is -2.24. The maximum absolute atomic E-state index is 12.8. The van der Waals surface area contributed by atoms with Crippen molar-refractivity contribution in [2.75, 3.05) is 13.2 Å². The summed E-state index contributed by atoms with van der Waals surface area (Å²) in [5.41, 5.74) is 0. The Labute approximate surface area is 68.0 Å². The quantitative estimate of drug-likeness (QED) is 0.368. The van der Waals surface area contributed by atoms with E-state index in [-0.39, 0.29) is 0 Å². The predicted molar refractivity (Wildman–Crippen MR) is 34.9 cm³/mol.